The molecule has 0 atom stereocenters. The number of nitrogens with one attached hydrogen (secondary N) is 1. The summed E-state index contributed by atoms with van der Waals surface area (Å²) in [7, 11) is 0. The zero-order chi connectivity index (χ0) is 13.2. The molecule has 0 unspecified atom stereocenters. The van der Waals surface area contributed by atoms with Crippen molar-refractivity contribution in [2.24, 2.45) is 5.73 Å². The van der Waals surface area contributed by atoms with E-state index in [2.05, 4.69) is 15.3 Å². The lowest BCUT2D eigenvalue weighted by Crippen LogP contribution is -2.12. The Morgan fingerprint density at radius 1 is 1.26 bits per heavy atom. The number of para-hydroxylation sites is 1. The Labute approximate surface area is 107 Å². The van der Waals surface area contributed by atoms with E-state index in [0.717, 1.165) is 10.1 Å². The number of benzene rings is 1. The van der Waals surface area contributed by atoms with Crippen molar-refractivity contribution >= 4 is 5.65 Å². The molecule has 96 valence electrons. The molecule has 0 aliphatic rings. The summed E-state index contributed by atoms with van der Waals surface area (Å²) in [4.78, 5) is 11.4. The molecule has 3 N–H and O–H groups in total. The van der Waals surface area contributed by atoms with E-state index in [1.54, 1.807) is 18.2 Å². The molecule has 2 aromatic heterocycles. The van der Waals surface area contributed by atoms with Gasteiger partial charge in [-0.1, -0.05) is 18.2 Å². The summed E-state index contributed by atoms with van der Waals surface area (Å²) in [6.07, 6.45) is 0. The lowest BCUT2D eigenvalue weighted by molar-refractivity contribution is 0.446. The van der Waals surface area contributed by atoms with Crippen molar-refractivity contribution in [3.8, 4) is 11.6 Å². The summed E-state index contributed by atoms with van der Waals surface area (Å²) in [6.45, 7) is 0.365. The van der Waals surface area contributed by atoms with Crippen LogP contribution in [0.25, 0.3) is 5.65 Å². The second kappa shape index (κ2) is 4.54. The van der Waals surface area contributed by atoms with Crippen LogP contribution in [0.15, 0.2) is 41.2 Å². The van der Waals surface area contributed by atoms with Gasteiger partial charge >= 0.3 is 5.69 Å². The summed E-state index contributed by atoms with van der Waals surface area (Å²) in [5.41, 5.74) is 6.52. The van der Waals surface area contributed by atoms with Crippen LogP contribution in [0.5, 0.6) is 11.6 Å². The van der Waals surface area contributed by atoms with Crippen molar-refractivity contribution in [2.75, 3.05) is 0 Å². The fourth-order valence-electron chi connectivity index (χ4n) is 1.73. The molecule has 7 heteroatoms. The zero-order valence-corrected chi connectivity index (χ0v) is 9.91. The van der Waals surface area contributed by atoms with E-state index in [0.29, 0.717) is 23.8 Å². The van der Waals surface area contributed by atoms with Crippen molar-refractivity contribution in [3.05, 3.63) is 52.4 Å². The third-order valence-electron chi connectivity index (χ3n) is 2.66. The number of aromatic amines is 1. The first-order chi connectivity index (χ1) is 9.28. The number of aromatic nitrogens is 4. The minimum Gasteiger partial charge on any atom is -0.437 e. The lowest BCUT2D eigenvalue weighted by atomic mass is 10.2. The monoisotopic (exact) mass is 257 g/mol. The number of nitrogens with zero attached hydrogens (tertiary/aromatic N) is 3. The SMILES string of the molecule is NCc1ccccc1Oc1ccc2n[nH]c(=O)n2n1. The van der Waals surface area contributed by atoms with Gasteiger partial charge in [-0.05, 0) is 12.1 Å². The number of hydrogen-bond donors (Lipinski definition) is 2. The van der Waals surface area contributed by atoms with Crippen LogP contribution < -0.4 is 16.2 Å². The Kier molecular flexibility index (Phi) is 2.73. The molecule has 2 heterocycles. The molecular weight excluding hydrogens is 246 g/mol. The largest absolute Gasteiger partial charge is 0.437 e. The lowest BCUT2D eigenvalue weighted by Gasteiger charge is -2.08. The first-order valence-corrected chi connectivity index (χ1v) is 5.68. The molecule has 0 amide bonds. The highest BCUT2D eigenvalue weighted by molar-refractivity contribution is 5.39. The molecule has 0 radical (unpaired) electrons. The maximum Gasteiger partial charge on any atom is 0.364 e. The predicted molar refractivity (Wildman–Crippen MR) is 68.0 cm³/mol. The van der Waals surface area contributed by atoms with Gasteiger partial charge in [-0.2, -0.15) is 9.61 Å². The van der Waals surface area contributed by atoms with E-state index in [1.165, 1.54) is 0 Å². The van der Waals surface area contributed by atoms with Crippen molar-refractivity contribution in [1.29, 1.82) is 0 Å². The molecule has 0 saturated heterocycles. The van der Waals surface area contributed by atoms with E-state index in [9.17, 15) is 4.79 Å². The molecule has 0 fully saturated rings. The quantitative estimate of drug-likeness (QED) is 0.718. The Morgan fingerprint density at radius 3 is 2.95 bits per heavy atom. The highest BCUT2D eigenvalue weighted by atomic mass is 16.5. The van der Waals surface area contributed by atoms with Crippen LogP contribution in [0.2, 0.25) is 0 Å². The molecule has 0 bridgehead atoms. The molecular formula is C12H11N5O2. The van der Waals surface area contributed by atoms with E-state index >= 15 is 0 Å². The molecule has 7 nitrogen and oxygen atoms in total. The standard InChI is InChI=1S/C12H11N5O2/c13-7-8-3-1-2-4-9(8)19-11-6-5-10-14-15-12(18)17(10)16-11/h1-6H,7,13H2,(H,15,18). The van der Waals surface area contributed by atoms with Gasteiger partial charge in [0.1, 0.15) is 5.75 Å². The first kappa shape index (κ1) is 11.4. The minimum absolute atomic E-state index is 0.303. The second-order valence-electron chi connectivity index (χ2n) is 3.88. The van der Waals surface area contributed by atoms with Gasteiger partial charge in [0.25, 0.3) is 0 Å². The van der Waals surface area contributed by atoms with Gasteiger partial charge in [-0.15, -0.1) is 5.10 Å². The Morgan fingerprint density at radius 2 is 2.11 bits per heavy atom. The van der Waals surface area contributed by atoms with Crippen LogP contribution in [0, 0.1) is 0 Å². The fraction of sp³-hybridized carbons (Fsp3) is 0.0833. The van der Waals surface area contributed by atoms with Gasteiger partial charge in [0, 0.05) is 18.2 Å². The number of hydrogen-bond acceptors (Lipinski definition) is 5. The number of rotatable bonds is 3. The van der Waals surface area contributed by atoms with Crippen LogP contribution in [-0.2, 0) is 6.54 Å². The van der Waals surface area contributed by atoms with Gasteiger partial charge in [0.2, 0.25) is 5.88 Å². The molecule has 3 aromatic rings. The van der Waals surface area contributed by atoms with Crippen LogP contribution in [0.1, 0.15) is 5.56 Å². The second-order valence-corrected chi connectivity index (χ2v) is 3.88. The van der Waals surface area contributed by atoms with Crippen LogP contribution in [-0.4, -0.2) is 19.8 Å². The predicted octanol–water partition coefficient (Wildman–Crippen LogP) is 0.669. The molecule has 0 aliphatic carbocycles. The van der Waals surface area contributed by atoms with Crippen LogP contribution in [0.3, 0.4) is 0 Å². The van der Waals surface area contributed by atoms with Gasteiger partial charge in [0.05, 0.1) is 0 Å². The summed E-state index contributed by atoms with van der Waals surface area (Å²) in [5, 5.41) is 10.1. The van der Waals surface area contributed by atoms with Crippen molar-refractivity contribution in [2.45, 2.75) is 6.54 Å². The number of nitrogens with two attached hydrogens (primary N) is 1. The highest BCUT2D eigenvalue weighted by Gasteiger charge is 2.06. The summed E-state index contributed by atoms with van der Waals surface area (Å²) in [5.74, 6) is 0.922. The van der Waals surface area contributed by atoms with Crippen LogP contribution >= 0.6 is 0 Å². The van der Waals surface area contributed by atoms with E-state index < -0.39 is 5.69 Å². The molecule has 19 heavy (non-hydrogen) atoms. The average Bonchev–Trinajstić information content (AvgIpc) is 2.81. The topological polar surface area (TPSA) is 98.3 Å². The highest BCUT2D eigenvalue weighted by Crippen LogP contribution is 2.23. The summed E-state index contributed by atoms with van der Waals surface area (Å²) >= 11 is 0. The molecule has 1 aromatic carbocycles. The van der Waals surface area contributed by atoms with Gasteiger partial charge in [0.15, 0.2) is 5.65 Å². The van der Waals surface area contributed by atoms with Crippen LogP contribution in [0.4, 0.5) is 0 Å². The normalized spacial score (nSPS) is 10.8. The van der Waals surface area contributed by atoms with Gasteiger partial charge in [-0.25, -0.2) is 9.89 Å². The summed E-state index contributed by atoms with van der Waals surface area (Å²) in [6, 6.07) is 10.7. The molecule has 0 aliphatic heterocycles. The maximum absolute atomic E-state index is 11.4. The van der Waals surface area contributed by atoms with E-state index in [-0.39, 0.29) is 0 Å². The third-order valence-corrected chi connectivity index (χ3v) is 2.66. The maximum atomic E-state index is 11.4. The van der Waals surface area contributed by atoms with E-state index in [4.69, 9.17) is 10.5 Å². The molecule has 0 saturated carbocycles. The average molecular weight is 257 g/mol. The Bertz CT molecular complexity index is 777. The fourth-order valence-corrected chi connectivity index (χ4v) is 1.73. The third kappa shape index (κ3) is 2.06. The van der Waals surface area contributed by atoms with E-state index in [1.807, 2.05) is 18.2 Å². The number of ether oxygens (including phenoxy) is 1. The van der Waals surface area contributed by atoms with Gasteiger partial charge < -0.3 is 10.5 Å². The molecule has 0 spiro atoms. The first-order valence-electron chi connectivity index (χ1n) is 5.68. The van der Waals surface area contributed by atoms with Crippen molar-refractivity contribution < 1.29 is 4.74 Å². The van der Waals surface area contributed by atoms with Gasteiger partial charge in [-0.3, -0.25) is 0 Å². The van der Waals surface area contributed by atoms with Crippen molar-refractivity contribution in [3.63, 3.8) is 0 Å². The zero-order valence-electron chi connectivity index (χ0n) is 9.91. The Hall–Kier alpha value is -2.67. The summed E-state index contributed by atoms with van der Waals surface area (Å²) < 4.78 is 6.78. The molecule has 3 rings (SSSR count). The smallest absolute Gasteiger partial charge is 0.364 e. The Balaban J connectivity index is 2.01. The number of H-pyrrole nitrogens is 1. The number of fused-ring (bicyclic) bond motifs is 1. The van der Waals surface area contributed by atoms with Crippen molar-refractivity contribution in [1.82, 2.24) is 19.8 Å². The minimum atomic E-state index is -0.410.